The van der Waals surface area contributed by atoms with Crippen molar-refractivity contribution in [1.82, 2.24) is 0 Å². The first-order valence-electron chi connectivity index (χ1n) is 7.50. The quantitative estimate of drug-likeness (QED) is 0.643. The van der Waals surface area contributed by atoms with Gasteiger partial charge in [0.05, 0.1) is 13.2 Å². The third-order valence-electron chi connectivity index (χ3n) is 3.97. The molecule has 1 aliphatic carbocycles. The van der Waals surface area contributed by atoms with Gasteiger partial charge in [-0.15, -0.1) is 0 Å². The predicted octanol–water partition coefficient (Wildman–Crippen LogP) is 3.29. The molecule has 5 heteroatoms. The fraction of sp³-hybridized carbons (Fsp3) is 0.412. The number of hydrogen-bond acceptors (Lipinski definition) is 5. The topological polar surface area (TPSA) is 65.7 Å². The molecule has 1 aromatic carbocycles. The molecule has 0 N–H and O–H groups in total. The second-order valence-corrected chi connectivity index (χ2v) is 5.52. The summed E-state index contributed by atoms with van der Waals surface area (Å²) in [5.74, 6) is -0.00782. The Balaban J connectivity index is 1.89. The zero-order valence-corrected chi connectivity index (χ0v) is 12.5. The third-order valence-corrected chi connectivity index (χ3v) is 3.97. The van der Waals surface area contributed by atoms with E-state index in [4.69, 9.17) is 9.15 Å². The third kappa shape index (κ3) is 2.98. The van der Waals surface area contributed by atoms with Crippen LogP contribution >= 0.6 is 0 Å². The first-order valence-corrected chi connectivity index (χ1v) is 7.50. The van der Waals surface area contributed by atoms with E-state index < -0.39 is 11.6 Å². The van der Waals surface area contributed by atoms with Crippen LogP contribution in [0.1, 0.15) is 42.5 Å². The Hall–Kier alpha value is -2.30. The van der Waals surface area contributed by atoms with E-state index in [1.165, 1.54) is 32.4 Å². The molecule has 1 saturated carbocycles. The first-order chi connectivity index (χ1) is 10.7. The molecule has 1 fully saturated rings. The monoisotopic (exact) mass is 302 g/mol. The summed E-state index contributed by atoms with van der Waals surface area (Å²) in [4.78, 5) is 23.3. The molecular formula is C17H18O5. The number of benzene rings is 1. The Bertz CT molecular complexity index is 740. The molecule has 0 unspecified atom stereocenters. The highest BCUT2D eigenvalue weighted by molar-refractivity contribution is 5.92. The van der Waals surface area contributed by atoms with Crippen LogP contribution in [0, 0.1) is 0 Å². The average Bonchev–Trinajstić information content (AvgIpc) is 2.54. The lowest BCUT2D eigenvalue weighted by Crippen LogP contribution is -2.19. The van der Waals surface area contributed by atoms with E-state index in [-0.39, 0.29) is 11.7 Å². The molecule has 0 amide bonds. The van der Waals surface area contributed by atoms with Crippen molar-refractivity contribution in [2.75, 3.05) is 7.11 Å². The van der Waals surface area contributed by atoms with Gasteiger partial charge in [0.15, 0.2) is 0 Å². The van der Waals surface area contributed by atoms with Gasteiger partial charge in [0.25, 0.3) is 0 Å². The smallest absolute Gasteiger partial charge is 0.351 e. The molecule has 0 aliphatic heterocycles. The summed E-state index contributed by atoms with van der Waals surface area (Å²) < 4.78 is 15.7. The Morgan fingerprint density at radius 1 is 1.18 bits per heavy atom. The van der Waals surface area contributed by atoms with E-state index in [2.05, 4.69) is 4.74 Å². The summed E-state index contributed by atoms with van der Waals surface area (Å²) in [6.07, 6.45) is 5.99. The summed E-state index contributed by atoms with van der Waals surface area (Å²) in [6.45, 7) is 0. The summed E-state index contributed by atoms with van der Waals surface area (Å²) in [6, 6.07) is 6.80. The van der Waals surface area contributed by atoms with Crippen molar-refractivity contribution >= 4 is 16.9 Å². The number of hydrogen-bond donors (Lipinski definition) is 0. The van der Waals surface area contributed by atoms with Crippen molar-refractivity contribution in [3.63, 3.8) is 0 Å². The lowest BCUT2D eigenvalue weighted by atomic mass is 9.98. The van der Waals surface area contributed by atoms with E-state index >= 15 is 0 Å². The van der Waals surface area contributed by atoms with Crippen molar-refractivity contribution < 1.29 is 18.7 Å². The fourth-order valence-corrected chi connectivity index (χ4v) is 2.79. The second-order valence-electron chi connectivity index (χ2n) is 5.52. The second kappa shape index (κ2) is 6.22. The van der Waals surface area contributed by atoms with Gasteiger partial charge in [-0.2, -0.15) is 0 Å². The normalized spacial score (nSPS) is 15.7. The summed E-state index contributed by atoms with van der Waals surface area (Å²) in [7, 11) is 1.23. The lowest BCUT2D eigenvalue weighted by molar-refractivity contribution is 0.0596. The molecule has 1 heterocycles. The van der Waals surface area contributed by atoms with Crippen LogP contribution in [0.4, 0.5) is 0 Å². The van der Waals surface area contributed by atoms with Crippen LogP contribution in [-0.2, 0) is 4.74 Å². The fourth-order valence-electron chi connectivity index (χ4n) is 2.79. The molecule has 1 aromatic heterocycles. The number of carbonyl (C=O) groups excluding carboxylic acids is 1. The van der Waals surface area contributed by atoms with E-state index in [0.717, 1.165) is 12.8 Å². The Kier molecular flexibility index (Phi) is 4.13. The largest absolute Gasteiger partial charge is 0.490 e. The summed E-state index contributed by atoms with van der Waals surface area (Å²) in [5, 5.41) is 0.663. The van der Waals surface area contributed by atoms with Gasteiger partial charge < -0.3 is 13.9 Å². The lowest BCUT2D eigenvalue weighted by Gasteiger charge is -2.22. The molecule has 116 valence electrons. The van der Waals surface area contributed by atoms with Gasteiger partial charge >= 0.3 is 11.6 Å². The minimum absolute atomic E-state index is 0.101. The van der Waals surface area contributed by atoms with Crippen molar-refractivity contribution in [3.8, 4) is 5.75 Å². The van der Waals surface area contributed by atoms with E-state index in [9.17, 15) is 9.59 Å². The first kappa shape index (κ1) is 14.6. The molecule has 2 aromatic rings. The van der Waals surface area contributed by atoms with Gasteiger partial charge in [-0.1, -0.05) is 6.42 Å². The van der Waals surface area contributed by atoms with E-state index in [0.29, 0.717) is 16.7 Å². The van der Waals surface area contributed by atoms with E-state index in [1.807, 2.05) is 6.07 Å². The Labute approximate surface area is 127 Å². The standard InChI is InChI=1S/C17H18O5/c1-20-16(18)14-9-11-7-8-13(10-15(11)22-17(14)19)21-12-5-3-2-4-6-12/h7-10,12H,2-6H2,1H3. The minimum Gasteiger partial charge on any atom is -0.490 e. The molecular weight excluding hydrogens is 284 g/mol. The van der Waals surface area contributed by atoms with Crippen molar-refractivity contribution in [2.24, 2.45) is 0 Å². The number of methoxy groups -OCH3 is 1. The van der Waals surface area contributed by atoms with Gasteiger partial charge in [-0.3, -0.25) is 0 Å². The molecule has 0 spiro atoms. The summed E-state index contributed by atoms with van der Waals surface area (Å²) >= 11 is 0. The van der Waals surface area contributed by atoms with Crippen molar-refractivity contribution in [3.05, 3.63) is 40.2 Å². The highest BCUT2D eigenvalue weighted by Crippen LogP contribution is 2.26. The highest BCUT2D eigenvalue weighted by Gasteiger charge is 2.17. The molecule has 3 rings (SSSR count). The number of rotatable bonds is 3. The van der Waals surface area contributed by atoms with Crippen LogP contribution in [0.5, 0.6) is 5.75 Å². The van der Waals surface area contributed by atoms with Gasteiger partial charge in [0.2, 0.25) is 0 Å². The van der Waals surface area contributed by atoms with Crippen molar-refractivity contribution in [1.29, 1.82) is 0 Å². The van der Waals surface area contributed by atoms with Crippen molar-refractivity contribution in [2.45, 2.75) is 38.2 Å². The van der Waals surface area contributed by atoms with E-state index in [1.54, 1.807) is 12.1 Å². The van der Waals surface area contributed by atoms with Gasteiger partial charge in [-0.05, 0) is 43.9 Å². The average molecular weight is 302 g/mol. The maximum Gasteiger partial charge on any atom is 0.351 e. The highest BCUT2D eigenvalue weighted by atomic mass is 16.5. The molecule has 0 saturated heterocycles. The molecule has 0 radical (unpaired) electrons. The summed E-state index contributed by atoms with van der Waals surface area (Å²) in [5.41, 5.74) is -0.393. The number of fused-ring (bicyclic) bond motifs is 1. The molecule has 1 aliphatic rings. The zero-order valence-electron chi connectivity index (χ0n) is 12.5. The molecule has 0 atom stereocenters. The van der Waals surface area contributed by atoms with Crippen LogP contribution in [0.3, 0.4) is 0 Å². The molecule has 5 nitrogen and oxygen atoms in total. The van der Waals surface area contributed by atoms with Crippen LogP contribution in [0.25, 0.3) is 11.0 Å². The van der Waals surface area contributed by atoms with Crippen LogP contribution < -0.4 is 10.4 Å². The van der Waals surface area contributed by atoms with Gasteiger partial charge in [0, 0.05) is 11.5 Å². The number of ether oxygens (including phenoxy) is 2. The Morgan fingerprint density at radius 2 is 1.95 bits per heavy atom. The minimum atomic E-state index is -0.700. The van der Waals surface area contributed by atoms with Gasteiger partial charge in [-0.25, -0.2) is 9.59 Å². The zero-order chi connectivity index (χ0) is 15.5. The van der Waals surface area contributed by atoms with Crippen LogP contribution in [0.15, 0.2) is 33.5 Å². The van der Waals surface area contributed by atoms with Gasteiger partial charge in [0.1, 0.15) is 16.9 Å². The van der Waals surface area contributed by atoms with Crippen LogP contribution in [0.2, 0.25) is 0 Å². The maximum absolute atomic E-state index is 11.8. The number of carbonyl (C=O) groups is 1. The van der Waals surface area contributed by atoms with Crippen LogP contribution in [-0.4, -0.2) is 19.2 Å². The predicted molar refractivity (Wildman–Crippen MR) is 81.3 cm³/mol. The molecule has 22 heavy (non-hydrogen) atoms. The Morgan fingerprint density at radius 3 is 2.68 bits per heavy atom. The SMILES string of the molecule is COC(=O)c1cc2ccc(OC3CCCCC3)cc2oc1=O. The maximum atomic E-state index is 11.8. The number of esters is 1. The molecule has 0 bridgehead atoms.